The largest absolute Gasteiger partial charge is 0.508 e. The number of ether oxygens (including phenoxy) is 2. The van der Waals surface area contributed by atoms with E-state index in [-0.39, 0.29) is 63.6 Å². The Morgan fingerprint density at radius 2 is 2.02 bits per heavy atom. The highest BCUT2D eigenvalue weighted by Crippen LogP contribution is 2.45. The molecule has 0 unspecified atom stereocenters. The van der Waals surface area contributed by atoms with Gasteiger partial charge in [-0.25, -0.2) is 18.2 Å². The predicted molar refractivity (Wildman–Crippen MR) is 163 cm³/mol. The second kappa shape index (κ2) is 10.5. The van der Waals surface area contributed by atoms with Gasteiger partial charge < -0.3 is 19.5 Å². The molecule has 2 aromatic heterocycles. The van der Waals surface area contributed by atoms with Crippen molar-refractivity contribution >= 4 is 27.5 Å². The van der Waals surface area contributed by atoms with Crippen molar-refractivity contribution < 1.29 is 27.8 Å². The van der Waals surface area contributed by atoms with Crippen molar-refractivity contribution in [2.45, 2.75) is 50.1 Å². The van der Waals surface area contributed by atoms with Crippen LogP contribution in [0.3, 0.4) is 0 Å². The fraction of sp³-hybridized carbons (Fsp3) is 0.382. The van der Waals surface area contributed by atoms with E-state index in [1.807, 2.05) is 0 Å². The minimum Gasteiger partial charge on any atom is -0.508 e. The number of fused-ring (bicyclic) bond motifs is 4. The third-order valence-corrected chi connectivity index (χ3v) is 9.79. The summed E-state index contributed by atoms with van der Waals surface area (Å²) in [5.74, 6) is 1.38. The quantitative estimate of drug-likeness (QED) is 0.280. The molecular weight excluding hydrogens is 583 g/mol. The number of benzene rings is 2. The Bertz CT molecular complexity index is 1960. The number of aromatic hydroxyl groups is 1. The van der Waals surface area contributed by atoms with Crippen LogP contribution in [0.1, 0.15) is 44.1 Å². The molecule has 0 saturated carbocycles. The first-order valence-electron chi connectivity index (χ1n) is 15.3. The van der Waals surface area contributed by atoms with Crippen molar-refractivity contribution in [1.29, 1.82) is 0 Å². The zero-order valence-electron chi connectivity index (χ0n) is 24.5. The van der Waals surface area contributed by atoms with Crippen LogP contribution in [0.5, 0.6) is 17.6 Å². The summed E-state index contributed by atoms with van der Waals surface area (Å²) < 4.78 is 57.8. The van der Waals surface area contributed by atoms with Crippen molar-refractivity contribution in [1.82, 2.24) is 19.9 Å². The molecule has 8 nitrogen and oxygen atoms in total. The van der Waals surface area contributed by atoms with E-state index in [4.69, 9.17) is 20.9 Å². The Kier molecular flexibility index (Phi) is 6.53. The van der Waals surface area contributed by atoms with Crippen LogP contribution in [0.4, 0.5) is 19.0 Å². The Balaban J connectivity index is 1.32. The van der Waals surface area contributed by atoms with E-state index >= 15 is 4.39 Å². The lowest BCUT2D eigenvalue weighted by Gasteiger charge is -2.35. The smallest absolute Gasteiger partial charge is 0.319 e. The van der Waals surface area contributed by atoms with Crippen molar-refractivity contribution in [3.05, 3.63) is 53.4 Å². The van der Waals surface area contributed by atoms with Crippen LogP contribution < -0.4 is 14.4 Å². The molecule has 3 fully saturated rings. The summed E-state index contributed by atoms with van der Waals surface area (Å²) in [5, 5.41) is 11.6. The molecule has 0 aliphatic carbocycles. The predicted octanol–water partition coefficient (Wildman–Crippen LogP) is 6.03. The van der Waals surface area contributed by atoms with Gasteiger partial charge in [-0.15, -0.1) is 6.42 Å². The number of hydrogen-bond donors (Lipinski definition) is 1. The summed E-state index contributed by atoms with van der Waals surface area (Å²) in [5.41, 5.74) is 0.143. The Hall–Kier alpha value is -4.56. The zero-order chi connectivity index (χ0) is 30.9. The van der Waals surface area contributed by atoms with Crippen molar-refractivity contribution in [2.75, 3.05) is 37.7 Å². The Morgan fingerprint density at radius 1 is 1.13 bits per heavy atom. The highest BCUT2D eigenvalue weighted by Gasteiger charge is 2.47. The second-order valence-electron chi connectivity index (χ2n) is 12.4. The van der Waals surface area contributed by atoms with Crippen molar-refractivity contribution in [2.24, 2.45) is 0 Å². The van der Waals surface area contributed by atoms with Crippen LogP contribution in [-0.2, 0) is 0 Å². The van der Waals surface area contributed by atoms with E-state index in [9.17, 15) is 13.9 Å². The average molecular weight is 614 g/mol. The first-order valence-corrected chi connectivity index (χ1v) is 15.3. The molecule has 6 heterocycles. The van der Waals surface area contributed by atoms with Crippen LogP contribution in [-0.4, -0.2) is 69.4 Å². The summed E-state index contributed by atoms with van der Waals surface area (Å²) >= 11 is 0. The third kappa shape index (κ3) is 4.37. The highest BCUT2D eigenvalue weighted by atomic mass is 19.1. The maximum absolute atomic E-state index is 16.9. The van der Waals surface area contributed by atoms with E-state index < -0.39 is 11.6 Å². The number of piperidine rings is 1. The molecule has 2 atom stereocenters. The van der Waals surface area contributed by atoms with Crippen LogP contribution in [0.2, 0.25) is 0 Å². The van der Waals surface area contributed by atoms with Gasteiger partial charge in [0.15, 0.2) is 5.82 Å². The molecular formula is C34H30F3N5O3. The summed E-state index contributed by atoms with van der Waals surface area (Å²) in [6.07, 6.45) is 11.6. The number of hydrogen-bond acceptors (Lipinski definition) is 8. The van der Waals surface area contributed by atoms with Gasteiger partial charge in [0.2, 0.25) is 5.88 Å². The van der Waals surface area contributed by atoms with E-state index in [0.29, 0.717) is 49.0 Å². The van der Waals surface area contributed by atoms with Gasteiger partial charge in [0, 0.05) is 24.0 Å². The topological polar surface area (TPSA) is 83.8 Å². The van der Waals surface area contributed by atoms with Crippen LogP contribution >= 0.6 is 0 Å². The number of rotatable bonds is 4. The third-order valence-electron chi connectivity index (χ3n) is 9.79. The summed E-state index contributed by atoms with van der Waals surface area (Å²) in [6, 6.07) is 5.43. The lowest BCUT2D eigenvalue weighted by molar-refractivity contribution is 0.108. The number of pyridine rings is 1. The molecule has 2 aromatic carbocycles. The van der Waals surface area contributed by atoms with Crippen LogP contribution in [0.15, 0.2) is 36.2 Å². The molecule has 11 heteroatoms. The summed E-state index contributed by atoms with van der Waals surface area (Å²) in [7, 11) is 0. The zero-order valence-corrected chi connectivity index (χ0v) is 24.5. The fourth-order valence-electron chi connectivity index (χ4n) is 7.69. The molecule has 8 rings (SSSR count). The minimum atomic E-state index is -0.801. The average Bonchev–Trinajstić information content (AvgIpc) is 3.55. The highest BCUT2D eigenvalue weighted by molar-refractivity contribution is 6.04. The van der Waals surface area contributed by atoms with Crippen molar-refractivity contribution in [3.8, 4) is 41.2 Å². The van der Waals surface area contributed by atoms with E-state index in [0.717, 1.165) is 44.2 Å². The van der Waals surface area contributed by atoms with Gasteiger partial charge in [-0.2, -0.15) is 9.97 Å². The van der Waals surface area contributed by atoms with E-state index in [1.54, 1.807) is 0 Å². The first kappa shape index (κ1) is 28.0. The van der Waals surface area contributed by atoms with Gasteiger partial charge in [0.1, 0.15) is 47.2 Å². The molecule has 4 aliphatic rings. The first-order chi connectivity index (χ1) is 21.9. The standard InChI is InChI=1S/C34H30F3N5O3/c1-2-23-25(36)8-7-20-12-22(43)13-24(26(20)23)29-28(37)30-27-31(42-11-4-3-6-21(42)17-44-32(27)38-29)40-33(39-30)45-18-34-9-5-10-41(34)16-19(14-34)15-35/h1,7-8,12-13,15,21,43H,3-6,9-11,14,16-18H2/b19-15-/t21-,34-/m0/s1. The molecule has 45 heavy (non-hydrogen) atoms. The lowest BCUT2D eigenvalue weighted by Crippen LogP contribution is -2.44. The lowest BCUT2D eigenvalue weighted by atomic mass is 9.94. The maximum Gasteiger partial charge on any atom is 0.319 e. The van der Waals surface area contributed by atoms with Gasteiger partial charge >= 0.3 is 6.01 Å². The Morgan fingerprint density at radius 3 is 2.87 bits per heavy atom. The molecule has 1 N–H and O–H groups in total. The number of anilines is 1. The number of phenols is 1. The molecule has 0 spiro atoms. The monoisotopic (exact) mass is 613 g/mol. The molecule has 4 aromatic rings. The number of aromatic nitrogens is 3. The van der Waals surface area contributed by atoms with Crippen LogP contribution in [0.25, 0.3) is 32.9 Å². The molecule has 0 radical (unpaired) electrons. The summed E-state index contributed by atoms with van der Waals surface area (Å²) in [6.45, 7) is 2.64. The van der Waals surface area contributed by atoms with Gasteiger partial charge in [-0.3, -0.25) is 4.90 Å². The number of terminal acetylenes is 1. The molecule has 230 valence electrons. The van der Waals surface area contributed by atoms with Gasteiger partial charge in [-0.1, -0.05) is 12.0 Å². The second-order valence-corrected chi connectivity index (χ2v) is 12.4. The SMILES string of the molecule is C#Cc1c(F)ccc2cc(O)cc(-c3nc4c5c(nc(OC[C@@]67CCCN6C/C(=C\F)C7)nc5c3F)N3CCCC[C@H]3CO4)c12. The van der Waals surface area contributed by atoms with Crippen molar-refractivity contribution in [3.63, 3.8) is 0 Å². The Labute approximate surface area is 257 Å². The molecule has 0 bridgehead atoms. The van der Waals surface area contributed by atoms with Gasteiger partial charge in [0.25, 0.3) is 0 Å². The van der Waals surface area contributed by atoms with E-state index in [2.05, 4.69) is 25.7 Å². The maximum atomic E-state index is 16.9. The fourth-order valence-corrected chi connectivity index (χ4v) is 7.69. The van der Waals surface area contributed by atoms with Gasteiger partial charge in [-0.05, 0) is 74.2 Å². The molecule has 4 aliphatic heterocycles. The molecule has 0 amide bonds. The number of nitrogens with zero attached hydrogens (tertiary/aromatic N) is 5. The number of halogens is 3. The normalized spacial score (nSPS) is 23.6. The van der Waals surface area contributed by atoms with E-state index in [1.165, 1.54) is 24.3 Å². The summed E-state index contributed by atoms with van der Waals surface area (Å²) in [4.78, 5) is 18.4. The van der Waals surface area contributed by atoms with Crippen LogP contribution in [0, 0.1) is 24.0 Å². The molecule has 3 saturated heterocycles. The minimum absolute atomic E-state index is 0.000696. The van der Waals surface area contributed by atoms with Gasteiger partial charge in [0.05, 0.1) is 23.5 Å². The number of phenolic OH excluding ortho intramolecular Hbond substituents is 1.